The molecule has 1 fully saturated rings. The van der Waals surface area contributed by atoms with Gasteiger partial charge in [-0.1, -0.05) is 54.6 Å². The van der Waals surface area contributed by atoms with E-state index in [-0.39, 0.29) is 12.0 Å². The minimum atomic E-state index is -0.319. The summed E-state index contributed by atoms with van der Waals surface area (Å²) >= 11 is 0. The van der Waals surface area contributed by atoms with E-state index in [1.807, 2.05) is 36.4 Å². The fourth-order valence-electron chi connectivity index (χ4n) is 3.39. The van der Waals surface area contributed by atoms with E-state index in [0.717, 1.165) is 35.3 Å². The van der Waals surface area contributed by atoms with Crippen LogP contribution in [0, 0.1) is 0 Å². The first kappa shape index (κ1) is 17.5. The molecule has 1 saturated heterocycles. The van der Waals surface area contributed by atoms with Gasteiger partial charge < -0.3 is 14.6 Å². The van der Waals surface area contributed by atoms with E-state index in [2.05, 4.69) is 40.2 Å². The van der Waals surface area contributed by atoms with Gasteiger partial charge in [-0.3, -0.25) is 4.79 Å². The van der Waals surface area contributed by atoms with Crippen LogP contribution in [-0.4, -0.2) is 28.2 Å². The highest BCUT2D eigenvalue weighted by Gasteiger charge is 2.23. The molecular weight excluding hydrogens is 338 g/mol. The second-order valence-electron chi connectivity index (χ2n) is 6.66. The second-order valence-corrected chi connectivity index (χ2v) is 6.66. The number of allylic oxidation sites excluding steroid dienone is 1. The molecule has 1 N–H and O–H groups in total. The number of carbonyl (C=O) groups excluding carboxylic acids is 1. The molecule has 27 heavy (non-hydrogen) atoms. The van der Waals surface area contributed by atoms with Gasteiger partial charge in [0, 0.05) is 13.2 Å². The summed E-state index contributed by atoms with van der Waals surface area (Å²) in [6.07, 6.45) is 5.64. The van der Waals surface area contributed by atoms with Crippen molar-refractivity contribution in [2.24, 2.45) is 0 Å². The Morgan fingerprint density at radius 1 is 1.19 bits per heavy atom. The molecule has 2 heterocycles. The maximum atomic E-state index is 12.3. The standard InChI is InChI=1S/C22H23N3O2/c26-22(20-13-7-15-27-20)23-16-21-24-18-11-4-5-12-19(18)25(21)14-6-10-17-8-2-1-3-9-17/h1-6,8-12,20H,7,13-16H2,(H,23,26)/b10-6+. The van der Waals surface area contributed by atoms with Gasteiger partial charge in [0.25, 0.3) is 0 Å². The van der Waals surface area contributed by atoms with Crippen LogP contribution < -0.4 is 5.32 Å². The van der Waals surface area contributed by atoms with Crippen LogP contribution >= 0.6 is 0 Å². The first-order valence-corrected chi connectivity index (χ1v) is 9.36. The van der Waals surface area contributed by atoms with Crippen LogP contribution in [0.3, 0.4) is 0 Å². The average molecular weight is 361 g/mol. The molecule has 2 aromatic carbocycles. The molecule has 1 aromatic heterocycles. The Bertz CT molecular complexity index is 941. The summed E-state index contributed by atoms with van der Waals surface area (Å²) in [4.78, 5) is 17.0. The molecule has 0 radical (unpaired) electrons. The van der Waals surface area contributed by atoms with Crippen molar-refractivity contribution in [3.05, 3.63) is 72.1 Å². The number of rotatable bonds is 6. The monoisotopic (exact) mass is 361 g/mol. The zero-order valence-electron chi connectivity index (χ0n) is 15.2. The van der Waals surface area contributed by atoms with E-state index >= 15 is 0 Å². The van der Waals surface area contributed by atoms with Crippen LogP contribution in [-0.2, 0) is 22.6 Å². The Balaban J connectivity index is 1.52. The smallest absolute Gasteiger partial charge is 0.249 e. The predicted molar refractivity (Wildman–Crippen MR) is 106 cm³/mol. The summed E-state index contributed by atoms with van der Waals surface area (Å²) in [5, 5.41) is 2.98. The lowest BCUT2D eigenvalue weighted by Gasteiger charge is -2.11. The highest BCUT2D eigenvalue weighted by atomic mass is 16.5. The molecule has 138 valence electrons. The van der Waals surface area contributed by atoms with Gasteiger partial charge in [0.1, 0.15) is 11.9 Å². The van der Waals surface area contributed by atoms with Gasteiger partial charge in [-0.2, -0.15) is 0 Å². The Hall–Kier alpha value is -2.92. The Labute approximate surface area is 158 Å². The number of nitrogens with one attached hydrogen (secondary N) is 1. The molecule has 1 aliphatic rings. The molecule has 5 nitrogen and oxygen atoms in total. The number of carbonyl (C=O) groups is 1. The van der Waals surface area contributed by atoms with Crippen LogP contribution in [0.1, 0.15) is 24.2 Å². The summed E-state index contributed by atoms with van der Waals surface area (Å²) < 4.78 is 7.60. The quantitative estimate of drug-likeness (QED) is 0.731. The van der Waals surface area contributed by atoms with Gasteiger partial charge in [-0.25, -0.2) is 4.98 Å². The fraction of sp³-hybridized carbons (Fsp3) is 0.273. The van der Waals surface area contributed by atoms with Crippen molar-refractivity contribution in [1.82, 2.24) is 14.9 Å². The number of hydrogen-bond acceptors (Lipinski definition) is 3. The molecule has 1 amide bonds. The first-order chi connectivity index (χ1) is 13.3. The van der Waals surface area contributed by atoms with Crippen molar-refractivity contribution in [3.63, 3.8) is 0 Å². The summed E-state index contributed by atoms with van der Waals surface area (Å²) in [6.45, 7) is 1.76. The summed E-state index contributed by atoms with van der Waals surface area (Å²) in [5.41, 5.74) is 3.17. The highest BCUT2D eigenvalue weighted by molar-refractivity contribution is 5.81. The zero-order chi connectivity index (χ0) is 18.5. The summed E-state index contributed by atoms with van der Waals surface area (Å²) in [7, 11) is 0. The molecular formula is C22H23N3O2. The number of imidazole rings is 1. The van der Waals surface area contributed by atoms with E-state index in [1.165, 1.54) is 0 Å². The van der Waals surface area contributed by atoms with E-state index < -0.39 is 0 Å². The molecule has 1 atom stereocenters. The topological polar surface area (TPSA) is 56.2 Å². The van der Waals surface area contributed by atoms with Crippen molar-refractivity contribution in [2.45, 2.75) is 32.0 Å². The third-order valence-electron chi connectivity index (χ3n) is 4.77. The van der Waals surface area contributed by atoms with Gasteiger partial charge in [0.2, 0.25) is 5.91 Å². The number of aromatic nitrogens is 2. The minimum absolute atomic E-state index is 0.0501. The van der Waals surface area contributed by atoms with Crippen LogP contribution in [0.15, 0.2) is 60.7 Å². The lowest BCUT2D eigenvalue weighted by Crippen LogP contribution is -2.34. The van der Waals surface area contributed by atoms with Gasteiger partial charge in [-0.15, -0.1) is 0 Å². The van der Waals surface area contributed by atoms with Gasteiger partial charge >= 0.3 is 0 Å². The van der Waals surface area contributed by atoms with Crippen molar-refractivity contribution in [2.75, 3.05) is 6.61 Å². The molecule has 5 heteroatoms. The van der Waals surface area contributed by atoms with Gasteiger partial charge in [0.15, 0.2) is 0 Å². The van der Waals surface area contributed by atoms with E-state index in [0.29, 0.717) is 19.7 Å². The Morgan fingerprint density at radius 2 is 2.00 bits per heavy atom. The van der Waals surface area contributed by atoms with Crippen LogP contribution in [0.5, 0.6) is 0 Å². The molecule has 3 aromatic rings. The summed E-state index contributed by atoms with van der Waals surface area (Å²) in [6, 6.07) is 18.3. The normalized spacial score (nSPS) is 17.0. The number of amides is 1. The average Bonchev–Trinajstić information content (AvgIpc) is 3.36. The summed E-state index contributed by atoms with van der Waals surface area (Å²) in [5.74, 6) is 0.797. The lowest BCUT2D eigenvalue weighted by molar-refractivity contribution is -0.130. The molecule has 1 aliphatic heterocycles. The zero-order valence-corrected chi connectivity index (χ0v) is 15.2. The minimum Gasteiger partial charge on any atom is -0.368 e. The van der Waals surface area contributed by atoms with Crippen molar-refractivity contribution in [1.29, 1.82) is 0 Å². The third kappa shape index (κ3) is 4.09. The maximum Gasteiger partial charge on any atom is 0.249 e. The molecule has 0 spiro atoms. The predicted octanol–water partition coefficient (Wildman–Crippen LogP) is 3.54. The number of ether oxygens (including phenoxy) is 1. The van der Waals surface area contributed by atoms with Crippen molar-refractivity contribution >= 4 is 23.0 Å². The fourth-order valence-corrected chi connectivity index (χ4v) is 3.39. The third-order valence-corrected chi connectivity index (χ3v) is 4.77. The molecule has 0 aliphatic carbocycles. The largest absolute Gasteiger partial charge is 0.368 e. The molecule has 4 rings (SSSR count). The maximum absolute atomic E-state index is 12.3. The van der Waals surface area contributed by atoms with E-state index in [1.54, 1.807) is 0 Å². The number of hydrogen-bond donors (Lipinski definition) is 1. The van der Waals surface area contributed by atoms with Gasteiger partial charge in [0.05, 0.1) is 17.6 Å². The van der Waals surface area contributed by atoms with E-state index in [4.69, 9.17) is 9.72 Å². The second kappa shape index (κ2) is 8.18. The highest BCUT2D eigenvalue weighted by Crippen LogP contribution is 2.17. The van der Waals surface area contributed by atoms with Crippen LogP contribution in [0.25, 0.3) is 17.1 Å². The molecule has 0 saturated carbocycles. The first-order valence-electron chi connectivity index (χ1n) is 9.36. The number of fused-ring (bicyclic) bond motifs is 1. The Morgan fingerprint density at radius 3 is 2.81 bits per heavy atom. The molecule has 0 bridgehead atoms. The van der Waals surface area contributed by atoms with E-state index in [9.17, 15) is 4.79 Å². The van der Waals surface area contributed by atoms with Crippen LogP contribution in [0.2, 0.25) is 0 Å². The Kier molecular flexibility index (Phi) is 5.30. The number of para-hydroxylation sites is 2. The molecule has 1 unspecified atom stereocenters. The SMILES string of the molecule is O=C(NCc1nc2ccccc2n1C/C=C/c1ccccc1)C1CCCO1. The van der Waals surface area contributed by atoms with Crippen molar-refractivity contribution < 1.29 is 9.53 Å². The lowest BCUT2D eigenvalue weighted by atomic mass is 10.2. The van der Waals surface area contributed by atoms with Crippen LogP contribution in [0.4, 0.5) is 0 Å². The number of benzene rings is 2. The van der Waals surface area contributed by atoms with Gasteiger partial charge in [-0.05, 0) is 30.5 Å². The number of nitrogens with zero attached hydrogens (tertiary/aromatic N) is 2. The van der Waals surface area contributed by atoms with Crippen molar-refractivity contribution in [3.8, 4) is 0 Å².